The molecule has 0 heterocycles. The third-order valence-corrected chi connectivity index (χ3v) is 4.92. The Balaban J connectivity index is 0.00000363. The van der Waals surface area contributed by atoms with Crippen LogP contribution in [-0.2, 0) is 6.42 Å². The van der Waals surface area contributed by atoms with Crippen molar-refractivity contribution >= 4 is 45.9 Å². The van der Waals surface area contributed by atoms with Crippen molar-refractivity contribution < 1.29 is 9.47 Å². The summed E-state index contributed by atoms with van der Waals surface area (Å²) in [6.07, 6.45) is 2.54. The molecular formula is C25H28BrClN3O2+. The van der Waals surface area contributed by atoms with E-state index in [1.165, 1.54) is 5.56 Å². The van der Waals surface area contributed by atoms with Crippen molar-refractivity contribution in [3.8, 4) is 11.5 Å². The summed E-state index contributed by atoms with van der Waals surface area (Å²) in [4.78, 5) is 0. The molecule has 32 heavy (non-hydrogen) atoms. The summed E-state index contributed by atoms with van der Waals surface area (Å²) in [5.74, 6) is 2.08. The Morgan fingerprint density at radius 2 is 1.53 bits per heavy atom. The predicted octanol–water partition coefficient (Wildman–Crippen LogP) is 5.47. The number of nitrogens with zero attached hydrogens (tertiary/aromatic N) is 1. The lowest BCUT2D eigenvalue weighted by molar-refractivity contribution is 0.363. The number of nitrogens with one attached hydrogen (secondary N) is 1. The van der Waals surface area contributed by atoms with Gasteiger partial charge in [0, 0.05) is 11.4 Å². The number of benzene rings is 3. The average Bonchev–Trinajstić information content (AvgIpc) is 2.80. The number of ether oxygens (including phenoxy) is 2. The fourth-order valence-electron chi connectivity index (χ4n) is 3.07. The Kier molecular flexibility index (Phi) is 10.1. The third kappa shape index (κ3) is 7.04. The van der Waals surface area contributed by atoms with Crippen LogP contribution in [0.15, 0.2) is 85.5 Å². The fourth-order valence-corrected chi connectivity index (χ4v) is 3.20. The van der Waals surface area contributed by atoms with Crippen LogP contribution in [0.25, 0.3) is 0 Å². The van der Waals surface area contributed by atoms with Crippen molar-refractivity contribution in [2.24, 2.45) is 5.73 Å². The quantitative estimate of drug-likeness (QED) is 0.171. The molecule has 0 unspecified atom stereocenters. The van der Waals surface area contributed by atoms with Gasteiger partial charge in [0.2, 0.25) is 0 Å². The Morgan fingerprint density at radius 1 is 0.969 bits per heavy atom. The van der Waals surface area contributed by atoms with Crippen LogP contribution in [-0.4, -0.2) is 26.2 Å². The summed E-state index contributed by atoms with van der Waals surface area (Å²) in [5.41, 5.74) is 9.50. The number of rotatable bonds is 9. The Hall–Kier alpha value is -2.96. The van der Waals surface area contributed by atoms with E-state index in [9.17, 15) is 0 Å². The zero-order valence-electron chi connectivity index (χ0n) is 18.0. The lowest BCUT2D eigenvalue weighted by atomic mass is 10.1. The zero-order chi connectivity index (χ0) is 22.1. The van der Waals surface area contributed by atoms with Gasteiger partial charge in [-0.1, -0.05) is 36.4 Å². The average molecular weight is 518 g/mol. The highest BCUT2D eigenvalue weighted by molar-refractivity contribution is 8.93. The number of halogens is 2. The predicted molar refractivity (Wildman–Crippen MR) is 139 cm³/mol. The summed E-state index contributed by atoms with van der Waals surface area (Å²) in [7, 11) is 1.65. The van der Waals surface area contributed by atoms with E-state index in [0.29, 0.717) is 19.1 Å². The van der Waals surface area contributed by atoms with E-state index in [-0.39, 0.29) is 17.0 Å². The first-order valence-corrected chi connectivity index (χ1v) is 10.4. The van der Waals surface area contributed by atoms with Crippen LogP contribution in [0, 0.1) is 0 Å². The summed E-state index contributed by atoms with van der Waals surface area (Å²) in [5, 5.41) is 4.06. The molecule has 0 radical (unpaired) electrons. The molecular weight excluding hydrogens is 490 g/mol. The molecule has 5 nitrogen and oxygen atoms in total. The molecule has 0 aliphatic heterocycles. The molecule has 0 amide bonds. The molecule has 168 valence electrons. The molecule has 0 saturated heterocycles. The maximum absolute atomic E-state index is 6.49. The van der Waals surface area contributed by atoms with Gasteiger partial charge < -0.3 is 9.47 Å². The summed E-state index contributed by atoms with van der Waals surface area (Å²) >= 11 is 5.96. The number of hydrogen-bond donors (Lipinski definition) is 2. The standard InChI is InChI=1S/C25H26ClN3O2.BrH/c1-3-18-31-24-14-10-22(11-15-24)29(21-8-12-23(30-2)13-9-21)25(27)28-17-16-19-4-6-20(26)7-5-19;/h3-15H,1,16-18H2,2H3,(H2,27,28);1H/p+1. The van der Waals surface area contributed by atoms with Crippen LogP contribution in [0.1, 0.15) is 5.56 Å². The molecule has 7 heteroatoms. The van der Waals surface area contributed by atoms with Gasteiger partial charge in [-0.05, 0) is 66.2 Å². The van der Waals surface area contributed by atoms with Gasteiger partial charge >= 0.3 is 5.96 Å². The lowest BCUT2D eigenvalue weighted by Gasteiger charge is -2.13. The monoisotopic (exact) mass is 516 g/mol. The minimum Gasteiger partial charge on any atom is -0.497 e. The summed E-state index contributed by atoms with van der Waals surface area (Å²) in [6.45, 7) is 4.82. The van der Waals surface area contributed by atoms with Crippen LogP contribution in [0.2, 0.25) is 5.02 Å². The van der Waals surface area contributed by atoms with Gasteiger partial charge in [0.25, 0.3) is 0 Å². The van der Waals surface area contributed by atoms with E-state index in [2.05, 4.69) is 11.9 Å². The van der Waals surface area contributed by atoms with E-state index in [1.54, 1.807) is 13.2 Å². The van der Waals surface area contributed by atoms with Crippen molar-refractivity contribution in [1.82, 2.24) is 9.89 Å². The maximum Gasteiger partial charge on any atom is 0.353 e. The molecule has 0 bridgehead atoms. The molecule has 3 N–H and O–H groups in total. The number of methoxy groups -OCH3 is 1. The van der Waals surface area contributed by atoms with Crippen LogP contribution < -0.4 is 25.1 Å². The van der Waals surface area contributed by atoms with Crippen LogP contribution >= 0.6 is 28.6 Å². The second-order valence-electron chi connectivity index (χ2n) is 6.82. The molecule has 0 atom stereocenters. The molecule has 0 saturated carbocycles. The summed E-state index contributed by atoms with van der Waals surface area (Å²) in [6, 6.07) is 23.3. The molecule has 3 rings (SSSR count). The normalized spacial score (nSPS) is 11.1. The van der Waals surface area contributed by atoms with Gasteiger partial charge in [-0.2, -0.15) is 4.58 Å². The van der Waals surface area contributed by atoms with Crippen molar-refractivity contribution in [3.63, 3.8) is 0 Å². The molecule has 3 aromatic carbocycles. The second kappa shape index (κ2) is 12.8. The van der Waals surface area contributed by atoms with Gasteiger partial charge in [-0.15, -0.1) is 17.0 Å². The van der Waals surface area contributed by atoms with Crippen molar-refractivity contribution in [3.05, 3.63) is 96.0 Å². The molecule has 0 aliphatic rings. The molecule has 3 aromatic rings. The molecule has 0 fully saturated rings. The van der Waals surface area contributed by atoms with Crippen LogP contribution in [0.4, 0.5) is 11.4 Å². The zero-order valence-corrected chi connectivity index (χ0v) is 20.4. The Morgan fingerprint density at radius 3 is 2.06 bits per heavy atom. The van der Waals surface area contributed by atoms with E-state index in [4.69, 9.17) is 26.8 Å². The van der Waals surface area contributed by atoms with Crippen LogP contribution in [0.3, 0.4) is 0 Å². The van der Waals surface area contributed by atoms with Gasteiger partial charge in [-0.25, -0.2) is 0 Å². The Labute approximate surface area is 204 Å². The molecule has 0 spiro atoms. The lowest BCUT2D eigenvalue weighted by Crippen LogP contribution is -2.40. The molecule has 0 aliphatic carbocycles. The largest absolute Gasteiger partial charge is 0.497 e. The van der Waals surface area contributed by atoms with Crippen LogP contribution in [0.5, 0.6) is 11.5 Å². The SMILES string of the molecule is Br.C=CCOc1ccc([N+](=C(N)NCCc2ccc(Cl)cc2)c2ccc(OC)cc2)cc1. The third-order valence-electron chi connectivity index (χ3n) is 4.67. The second-order valence-corrected chi connectivity index (χ2v) is 7.25. The van der Waals surface area contributed by atoms with Gasteiger partial charge in [-0.3, -0.25) is 11.1 Å². The van der Waals surface area contributed by atoms with Crippen molar-refractivity contribution in [2.75, 3.05) is 20.3 Å². The topological polar surface area (TPSA) is 59.5 Å². The van der Waals surface area contributed by atoms with E-state index in [0.717, 1.165) is 34.3 Å². The van der Waals surface area contributed by atoms with Gasteiger partial charge in [0.1, 0.15) is 29.5 Å². The first-order valence-electron chi connectivity index (χ1n) is 9.99. The number of guanidine groups is 1. The Bertz CT molecular complexity index is 1020. The van der Waals surface area contributed by atoms with E-state index in [1.807, 2.05) is 77.4 Å². The van der Waals surface area contributed by atoms with E-state index < -0.39 is 0 Å². The first kappa shape index (κ1) is 25.3. The maximum atomic E-state index is 6.49. The minimum atomic E-state index is 0. The number of nitrogens with two attached hydrogens (primary N) is 1. The smallest absolute Gasteiger partial charge is 0.353 e. The van der Waals surface area contributed by atoms with Gasteiger partial charge in [0.15, 0.2) is 0 Å². The number of hydrogen-bond acceptors (Lipinski definition) is 2. The highest BCUT2D eigenvalue weighted by atomic mass is 79.9. The minimum absolute atomic E-state index is 0. The molecule has 0 aromatic heterocycles. The summed E-state index contributed by atoms with van der Waals surface area (Å²) < 4.78 is 12.8. The van der Waals surface area contributed by atoms with Gasteiger partial charge in [0.05, 0.1) is 13.7 Å². The van der Waals surface area contributed by atoms with Crippen molar-refractivity contribution in [2.45, 2.75) is 6.42 Å². The first-order chi connectivity index (χ1) is 15.1. The highest BCUT2D eigenvalue weighted by Crippen LogP contribution is 2.25. The van der Waals surface area contributed by atoms with E-state index >= 15 is 0 Å². The fraction of sp³-hybridized carbons (Fsp3) is 0.160. The van der Waals surface area contributed by atoms with Crippen molar-refractivity contribution in [1.29, 1.82) is 0 Å². The highest BCUT2D eigenvalue weighted by Gasteiger charge is 2.14.